The van der Waals surface area contributed by atoms with E-state index in [1.165, 1.54) is 0 Å². The molecule has 0 heterocycles. The van der Waals surface area contributed by atoms with E-state index in [-0.39, 0.29) is 6.03 Å². The van der Waals surface area contributed by atoms with Crippen LogP contribution in [0.3, 0.4) is 0 Å². The molecule has 150 valence electrons. The van der Waals surface area contributed by atoms with Crippen LogP contribution in [-0.4, -0.2) is 26.8 Å². The first kappa shape index (κ1) is 20.1. The maximum Gasteiger partial charge on any atom is 0.319 e. The molecule has 0 aliphatic rings. The number of nitrogens with one attached hydrogen (secondary N) is 2. The van der Waals surface area contributed by atoms with E-state index >= 15 is 0 Å². The third kappa shape index (κ3) is 5.65. The molecule has 3 aromatic rings. The van der Waals surface area contributed by atoms with Crippen molar-refractivity contribution in [1.82, 2.24) is 5.32 Å². The Bertz CT molecular complexity index is 945. The second-order valence-corrected chi connectivity index (χ2v) is 6.23. The predicted octanol–water partition coefficient (Wildman–Crippen LogP) is 4.86. The quantitative estimate of drug-likeness (QED) is 0.574. The van der Waals surface area contributed by atoms with E-state index in [1.807, 2.05) is 66.7 Å². The Kier molecular flexibility index (Phi) is 6.95. The molecule has 0 radical (unpaired) electrons. The molecule has 0 atom stereocenters. The highest BCUT2D eigenvalue weighted by Crippen LogP contribution is 2.29. The van der Waals surface area contributed by atoms with Crippen molar-refractivity contribution in [2.45, 2.75) is 6.42 Å². The smallest absolute Gasteiger partial charge is 0.319 e. The lowest BCUT2D eigenvalue weighted by molar-refractivity contribution is 0.252. The molecule has 3 aromatic carbocycles. The van der Waals surface area contributed by atoms with E-state index in [9.17, 15) is 4.79 Å². The molecule has 3 rings (SSSR count). The van der Waals surface area contributed by atoms with Crippen molar-refractivity contribution in [1.29, 1.82) is 0 Å². The molecule has 6 nitrogen and oxygen atoms in total. The van der Waals surface area contributed by atoms with Gasteiger partial charge in [-0.3, -0.25) is 0 Å². The molecular formula is C23H24N2O4. The van der Waals surface area contributed by atoms with Gasteiger partial charge in [0.25, 0.3) is 0 Å². The molecule has 0 fully saturated rings. The Morgan fingerprint density at radius 3 is 2.31 bits per heavy atom. The Hall–Kier alpha value is -3.67. The van der Waals surface area contributed by atoms with Crippen LogP contribution in [-0.2, 0) is 6.42 Å². The van der Waals surface area contributed by atoms with Crippen LogP contribution in [0.15, 0.2) is 72.8 Å². The van der Waals surface area contributed by atoms with Crippen LogP contribution in [0, 0.1) is 0 Å². The maximum atomic E-state index is 12.3. The van der Waals surface area contributed by atoms with Gasteiger partial charge in [-0.15, -0.1) is 0 Å². The number of rotatable bonds is 8. The van der Waals surface area contributed by atoms with Crippen molar-refractivity contribution in [2.75, 3.05) is 26.1 Å². The van der Waals surface area contributed by atoms with E-state index in [4.69, 9.17) is 14.2 Å². The van der Waals surface area contributed by atoms with E-state index in [2.05, 4.69) is 10.6 Å². The number of benzene rings is 3. The van der Waals surface area contributed by atoms with Gasteiger partial charge in [-0.05, 0) is 48.4 Å². The molecule has 29 heavy (non-hydrogen) atoms. The number of hydrogen-bond acceptors (Lipinski definition) is 4. The van der Waals surface area contributed by atoms with Gasteiger partial charge in [-0.2, -0.15) is 0 Å². The van der Waals surface area contributed by atoms with Gasteiger partial charge >= 0.3 is 6.03 Å². The summed E-state index contributed by atoms with van der Waals surface area (Å²) >= 11 is 0. The van der Waals surface area contributed by atoms with Crippen LogP contribution < -0.4 is 24.8 Å². The summed E-state index contributed by atoms with van der Waals surface area (Å²) in [5.74, 6) is 2.63. The summed E-state index contributed by atoms with van der Waals surface area (Å²) in [7, 11) is 3.20. The van der Waals surface area contributed by atoms with Crippen LogP contribution >= 0.6 is 0 Å². The van der Waals surface area contributed by atoms with Crippen molar-refractivity contribution in [3.63, 3.8) is 0 Å². The molecule has 0 spiro atoms. The number of urea groups is 1. The third-order valence-electron chi connectivity index (χ3n) is 4.25. The van der Waals surface area contributed by atoms with E-state index in [0.717, 1.165) is 5.56 Å². The lowest BCUT2D eigenvalue weighted by Gasteiger charge is -2.13. The minimum Gasteiger partial charge on any atom is -0.493 e. The molecule has 6 heteroatoms. The number of hydrogen-bond donors (Lipinski definition) is 2. The van der Waals surface area contributed by atoms with Gasteiger partial charge in [0.2, 0.25) is 0 Å². The average Bonchev–Trinajstić information content (AvgIpc) is 2.75. The summed E-state index contributed by atoms with van der Waals surface area (Å²) in [5.41, 5.74) is 1.63. The standard InChI is InChI=1S/C23H24N2O4/c1-27-21-13-12-17(16-22(21)28-2)14-15-24-23(26)25-19-10-6-7-11-20(19)29-18-8-4-3-5-9-18/h3-13,16H,14-15H2,1-2H3,(H2,24,25,26). The Morgan fingerprint density at radius 2 is 1.55 bits per heavy atom. The molecule has 2 amide bonds. The highest BCUT2D eigenvalue weighted by molar-refractivity contribution is 5.90. The minimum atomic E-state index is -0.297. The van der Waals surface area contributed by atoms with E-state index in [0.29, 0.717) is 41.7 Å². The molecule has 0 aromatic heterocycles. The van der Waals surface area contributed by atoms with Crippen molar-refractivity contribution in [2.24, 2.45) is 0 Å². The summed E-state index contributed by atoms with van der Waals surface area (Å²) in [6.45, 7) is 0.475. The Balaban J connectivity index is 1.55. The topological polar surface area (TPSA) is 68.8 Å². The number of para-hydroxylation sites is 3. The number of carbonyl (C=O) groups is 1. The average molecular weight is 392 g/mol. The van der Waals surface area contributed by atoms with Gasteiger partial charge in [0, 0.05) is 6.54 Å². The fraction of sp³-hybridized carbons (Fsp3) is 0.174. The minimum absolute atomic E-state index is 0.297. The van der Waals surface area contributed by atoms with Crippen molar-refractivity contribution in [3.8, 4) is 23.0 Å². The van der Waals surface area contributed by atoms with Crippen LogP contribution in [0.2, 0.25) is 0 Å². The van der Waals surface area contributed by atoms with Gasteiger partial charge < -0.3 is 24.8 Å². The molecular weight excluding hydrogens is 368 g/mol. The van der Waals surface area contributed by atoms with E-state index in [1.54, 1.807) is 20.3 Å². The van der Waals surface area contributed by atoms with E-state index < -0.39 is 0 Å². The predicted molar refractivity (Wildman–Crippen MR) is 113 cm³/mol. The lowest BCUT2D eigenvalue weighted by atomic mass is 10.1. The molecule has 0 unspecified atom stereocenters. The summed E-state index contributed by atoms with van der Waals surface area (Å²) in [5, 5.41) is 5.70. The first-order valence-corrected chi connectivity index (χ1v) is 9.27. The summed E-state index contributed by atoms with van der Waals surface area (Å²) in [4.78, 5) is 12.3. The number of anilines is 1. The van der Waals surface area contributed by atoms with Gasteiger partial charge in [-0.25, -0.2) is 4.79 Å². The first-order valence-electron chi connectivity index (χ1n) is 9.27. The maximum absolute atomic E-state index is 12.3. The molecule has 2 N–H and O–H groups in total. The summed E-state index contributed by atoms with van der Waals surface area (Å²) < 4.78 is 16.4. The van der Waals surface area contributed by atoms with Crippen molar-refractivity contribution >= 4 is 11.7 Å². The van der Waals surface area contributed by atoms with Gasteiger partial charge in [0.05, 0.1) is 19.9 Å². The van der Waals surface area contributed by atoms with Gasteiger partial charge in [-0.1, -0.05) is 36.4 Å². The largest absolute Gasteiger partial charge is 0.493 e. The Morgan fingerprint density at radius 1 is 0.828 bits per heavy atom. The lowest BCUT2D eigenvalue weighted by Crippen LogP contribution is -2.30. The van der Waals surface area contributed by atoms with Crippen LogP contribution in [0.1, 0.15) is 5.56 Å². The van der Waals surface area contributed by atoms with Crippen LogP contribution in [0.5, 0.6) is 23.0 Å². The number of methoxy groups -OCH3 is 2. The third-order valence-corrected chi connectivity index (χ3v) is 4.25. The highest BCUT2D eigenvalue weighted by Gasteiger charge is 2.09. The summed E-state index contributed by atoms with van der Waals surface area (Å²) in [6, 6.07) is 22.2. The first-order chi connectivity index (χ1) is 14.2. The molecule has 0 aliphatic heterocycles. The summed E-state index contributed by atoms with van der Waals surface area (Å²) in [6.07, 6.45) is 0.663. The zero-order valence-corrected chi connectivity index (χ0v) is 16.5. The molecule has 0 saturated carbocycles. The van der Waals surface area contributed by atoms with Crippen LogP contribution in [0.25, 0.3) is 0 Å². The van der Waals surface area contributed by atoms with Crippen LogP contribution in [0.4, 0.5) is 10.5 Å². The molecule has 0 bridgehead atoms. The monoisotopic (exact) mass is 392 g/mol. The zero-order chi connectivity index (χ0) is 20.5. The second-order valence-electron chi connectivity index (χ2n) is 6.23. The van der Waals surface area contributed by atoms with Gasteiger partial charge in [0.15, 0.2) is 17.2 Å². The van der Waals surface area contributed by atoms with Crippen molar-refractivity contribution in [3.05, 3.63) is 78.4 Å². The SMILES string of the molecule is COc1ccc(CCNC(=O)Nc2ccccc2Oc2ccccc2)cc1OC. The number of ether oxygens (including phenoxy) is 3. The van der Waals surface area contributed by atoms with Crippen molar-refractivity contribution < 1.29 is 19.0 Å². The van der Waals surface area contributed by atoms with Gasteiger partial charge in [0.1, 0.15) is 5.75 Å². The Labute approximate surface area is 170 Å². The second kappa shape index (κ2) is 10.0. The normalized spacial score (nSPS) is 10.1. The molecule has 0 aliphatic carbocycles. The number of carbonyl (C=O) groups excluding carboxylic acids is 1. The fourth-order valence-electron chi connectivity index (χ4n) is 2.80. The zero-order valence-electron chi connectivity index (χ0n) is 16.5. The highest BCUT2D eigenvalue weighted by atomic mass is 16.5. The number of amides is 2. The molecule has 0 saturated heterocycles. The fourth-order valence-corrected chi connectivity index (χ4v) is 2.80.